The first kappa shape index (κ1) is 15.1. The second-order valence-corrected chi connectivity index (χ2v) is 7.23. The van der Waals surface area contributed by atoms with Crippen molar-refractivity contribution in [2.24, 2.45) is 17.1 Å². The number of nitrogens with two attached hydrogens (primary N) is 1. The third-order valence-corrected chi connectivity index (χ3v) is 6.24. The van der Waals surface area contributed by atoms with Crippen LogP contribution in [0.4, 0.5) is 0 Å². The Labute approximate surface area is 128 Å². The van der Waals surface area contributed by atoms with E-state index in [9.17, 15) is 5.11 Å². The molecule has 0 aliphatic heterocycles. The number of hydrogen-bond acceptors (Lipinski definition) is 2. The molecule has 0 bridgehead atoms. The molecule has 2 heteroatoms. The van der Waals surface area contributed by atoms with Crippen molar-refractivity contribution in [3.05, 3.63) is 35.4 Å². The lowest BCUT2D eigenvalue weighted by Gasteiger charge is -2.53. The van der Waals surface area contributed by atoms with E-state index in [-0.39, 0.29) is 5.41 Å². The first-order valence-electron chi connectivity index (χ1n) is 8.66. The maximum Gasteiger partial charge on any atom is 0.0967 e. The van der Waals surface area contributed by atoms with Crippen LogP contribution in [0, 0.1) is 11.3 Å². The second-order valence-electron chi connectivity index (χ2n) is 7.23. The van der Waals surface area contributed by atoms with Gasteiger partial charge in [0.15, 0.2) is 0 Å². The molecule has 0 radical (unpaired) electrons. The summed E-state index contributed by atoms with van der Waals surface area (Å²) in [4.78, 5) is 0. The van der Waals surface area contributed by atoms with E-state index in [1.807, 2.05) is 0 Å². The zero-order valence-electron chi connectivity index (χ0n) is 13.3. The fourth-order valence-corrected chi connectivity index (χ4v) is 4.93. The topological polar surface area (TPSA) is 46.2 Å². The fourth-order valence-electron chi connectivity index (χ4n) is 4.93. The van der Waals surface area contributed by atoms with Gasteiger partial charge in [0.1, 0.15) is 0 Å². The van der Waals surface area contributed by atoms with Gasteiger partial charge in [-0.25, -0.2) is 0 Å². The Hall–Kier alpha value is -0.860. The van der Waals surface area contributed by atoms with E-state index in [1.54, 1.807) is 0 Å². The number of rotatable bonds is 3. The lowest BCUT2D eigenvalue weighted by atomic mass is 9.55. The van der Waals surface area contributed by atoms with Crippen LogP contribution in [0.15, 0.2) is 24.3 Å². The third-order valence-electron chi connectivity index (χ3n) is 6.24. The molecule has 1 fully saturated rings. The van der Waals surface area contributed by atoms with Crippen molar-refractivity contribution in [1.82, 2.24) is 0 Å². The average Bonchev–Trinajstić information content (AvgIpc) is 2.55. The highest BCUT2D eigenvalue weighted by molar-refractivity contribution is 5.37. The highest BCUT2D eigenvalue weighted by Gasteiger charge is 2.53. The summed E-state index contributed by atoms with van der Waals surface area (Å²) in [6, 6.07) is 8.49. The molecule has 2 aliphatic rings. The summed E-state index contributed by atoms with van der Waals surface area (Å²) in [5, 5.41) is 11.7. The van der Waals surface area contributed by atoms with Gasteiger partial charge in [-0.15, -0.1) is 0 Å². The first-order chi connectivity index (χ1) is 10.1. The number of aliphatic hydroxyl groups is 1. The van der Waals surface area contributed by atoms with Crippen molar-refractivity contribution < 1.29 is 5.11 Å². The summed E-state index contributed by atoms with van der Waals surface area (Å²) in [5.41, 5.74) is 7.92. The van der Waals surface area contributed by atoms with Crippen LogP contribution in [0.1, 0.15) is 63.0 Å². The molecule has 3 N–H and O–H groups in total. The van der Waals surface area contributed by atoms with E-state index in [0.717, 1.165) is 38.0 Å². The highest BCUT2D eigenvalue weighted by atomic mass is 16.3. The van der Waals surface area contributed by atoms with Crippen LogP contribution in [-0.2, 0) is 12.0 Å². The van der Waals surface area contributed by atoms with Crippen LogP contribution in [0.2, 0.25) is 0 Å². The summed E-state index contributed by atoms with van der Waals surface area (Å²) in [7, 11) is 0. The van der Waals surface area contributed by atoms with Gasteiger partial charge < -0.3 is 10.8 Å². The van der Waals surface area contributed by atoms with Crippen molar-refractivity contribution in [3.8, 4) is 0 Å². The van der Waals surface area contributed by atoms with E-state index in [0.29, 0.717) is 6.54 Å². The molecule has 3 atom stereocenters. The van der Waals surface area contributed by atoms with E-state index in [1.165, 1.54) is 30.4 Å². The Morgan fingerprint density at radius 2 is 2.05 bits per heavy atom. The molecule has 0 amide bonds. The Bertz CT molecular complexity index is 500. The van der Waals surface area contributed by atoms with Gasteiger partial charge in [0.05, 0.1) is 5.60 Å². The van der Waals surface area contributed by atoms with Crippen molar-refractivity contribution in [3.63, 3.8) is 0 Å². The molecule has 1 saturated carbocycles. The number of hydrogen-bond donors (Lipinski definition) is 2. The zero-order chi connectivity index (χ0) is 14.9. The van der Waals surface area contributed by atoms with Crippen LogP contribution in [0.3, 0.4) is 0 Å². The predicted octanol–water partition coefficient (Wildman–Crippen LogP) is 3.76. The zero-order valence-corrected chi connectivity index (χ0v) is 13.3. The minimum atomic E-state index is -0.718. The lowest BCUT2D eigenvalue weighted by Crippen LogP contribution is -2.54. The van der Waals surface area contributed by atoms with E-state index < -0.39 is 5.60 Å². The number of aryl methyl sites for hydroxylation is 1. The van der Waals surface area contributed by atoms with E-state index in [2.05, 4.69) is 31.2 Å². The minimum absolute atomic E-state index is 0.123. The monoisotopic (exact) mass is 287 g/mol. The van der Waals surface area contributed by atoms with Gasteiger partial charge >= 0.3 is 0 Å². The molecule has 0 aromatic heterocycles. The summed E-state index contributed by atoms with van der Waals surface area (Å²) in [5.74, 6) is 0.723. The molecule has 21 heavy (non-hydrogen) atoms. The standard InChI is InChI=1S/C19H29NO/c1-2-15-7-5-11-18(13-15,14-20)19(21)12-6-9-16-8-3-4-10-17(16)19/h3-4,8,10,15,21H,2,5-7,9,11-14,20H2,1H3. The van der Waals surface area contributed by atoms with Crippen molar-refractivity contribution in [2.45, 2.75) is 63.9 Å². The van der Waals surface area contributed by atoms with Crippen molar-refractivity contribution in [2.75, 3.05) is 6.54 Å². The van der Waals surface area contributed by atoms with Gasteiger partial charge in [0.25, 0.3) is 0 Å². The van der Waals surface area contributed by atoms with E-state index >= 15 is 0 Å². The Kier molecular flexibility index (Phi) is 4.11. The van der Waals surface area contributed by atoms with Gasteiger partial charge in [-0.1, -0.05) is 50.5 Å². The van der Waals surface area contributed by atoms with Crippen LogP contribution in [0.5, 0.6) is 0 Å². The van der Waals surface area contributed by atoms with Crippen LogP contribution < -0.4 is 5.73 Å². The molecule has 3 rings (SSSR count). The van der Waals surface area contributed by atoms with Crippen LogP contribution in [0.25, 0.3) is 0 Å². The van der Waals surface area contributed by atoms with Gasteiger partial charge in [0.2, 0.25) is 0 Å². The maximum absolute atomic E-state index is 11.7. The van der Waals surface area contributed by atoms with Crippen LogP contribution >= 0.6 is 0 Å². The molecule has 2 nitrogen and oxygen atoms in total. The number of fused-ring (bicyclic) bond motifs is 1. The molecule has 0 spiro atoms. The van der Waals surface area contributed by atoms with E-state index in [4.69, 9.17) is 5.73 Å². The molecule has 1 aromatic carbocycles. The molecular formula is C19H29NO. The average molecular weight is 287 g/mol. The Morgan fingerprint density at radius 3 is 2.81 bits per heavy atom. The normalized spacial score (nSPS) is 36.2. The quantitative estimate of drug-likeness (QED) is 0.889. The second kappa shape index (κ2) is 5.73. The summed E-state index contributed by atoms with van der Waals surface area (Å²) in [6.45, 7) is 2.88. The highest BCUT2D eigenvalue weighted by Crippen LogP contribution is 2.55. The fraction of sp³-hybridized carbons (Fsp3) is 0.684. The largest absolute Gasteiger partial charge is 0.385 e. The third kappa shape index (κ3) is 2.33. The lowest BCUT2D eigenvalue weighted by molar-refractivity contribution is -0.126. The summed E-state index contributed by atoms with van der Waals surface area (Å²) < 4.78 is 0. The minimum Gasteiger partial charge on any atom is -0.385 e. The Morgan fingerprint density at radius 1 is 1.24 bits per heavy atom. The molecule has 3 unspecified atom stereocenters. The molecule has 116 valence electrons. The maximum atomic E-state index is 11.7. The first-order valence-corrected chi connectivity index (χ1v) is 8.66. The SMILES string of the molecule is CCC1CCCC(CN)(C2(O)CCCc3ccccc32)C1. The van der Waals surface area contributed by atoms with Gasteiger partial charge in [0, 0.05) is 12.0 Å². The molecular weight excluding hydrogens is 258 g/mol. The van der Waals surface area contributed by atoms with Crippen molar-refractivity contribution in [1.29, 1.82) is 0 Å². The summed E-state index contributed by atoms with van der Waals surface area (Å²) in [6.07, 6.45) is 8.92. The molecule has 0 saturated heterocycles. The van der Waals surface area contributed by atoms with Gasteiger partial charge in [-0.3, -0.25) is 0 Å². The Balaban J connectivity index is 2.04. The summed E-state index contributed by atoms with van der Waals surface area (Å²) >= 11 is 0. The predicted molar refractivity (Wildman–Crippen MR) is 87.0 cm³/mol. The molecule has 0 heterocycles. The molecule has 1 aromatic rings. The van der Waals surface area contributed by atoms with Crippen LogP contribution in [-0.4, -0.2) is 11.7 Å². The number of benzene rings is 1. The van der Waals surface area contributed by atoms with Crippen molar-refractivity contribution >= 4 is 0 Å². The molecule has 2 aliphatic carbocycles. The van der Waals surface area contributed by atoms with Gasteiger partial charge in [-0.2, -0.15) is 0 Å². The smallest absolute Gasteiger partial charge is 0.0967 e. The van der Waals surface area contributed by atoms with Gasteiger partial charge in [-0.05, 0) is 49.1 Å².